The van der Waals surface area contributed by atoms with Gasteiger partial charge in [-0.2, -0.15) is 5.26 Å². The number of nitro groups is 1. The zero-order valence-corrected chi connectivity index (χ0v) is 10.3. The first-order chi connectivity index (χ1) is 8.45. The fourth-order valence-electron chi connectivity index (χ4n) is 1.23. The summed E-state index contributed by atoms with van der Waals surface area (Å²) in [6, 6.07) is 6.20. The average Bonchev–Trinajstić information content (AvgIpc) is 2.30. The molecule has 0 bridgehead atoms. The highest BCUT2D eigenvalue weighted by Crippen LogP contribution is 2.21. The molecule has 18 heavy (non-hydrogen) atoms. The lowest BCUT2D eigenvalue weighted by molar-refractivity contribution is -0.384. The molecule has 0 aliphatic carbocycles. The molecule has 7 heteroatoms. The number of thiocarbonyl (C=S) groups is 1. The number of hydrogen-bond acceptors (Lipinski definition) is 5. The van der Waals surface area contributed by atoms with Crippen LogP contribution < -0.4 is 11.1 Å². The van der Waals surface area contributed by atoms with Crippen LogP contribution in [0.25, 0.3) is 0 Å². The average molecular weight is 262 g/mol. The summed E-state index contributed by atoms with van der Waals surface area (Å²) < 4.78 is 0. The normalized spacial score (nSPS) is 10.6. The van der Waals surface area contributed by atoms with Gasteiger partial charge in [-0.05, 0) is 18.6 Å². The van der Waals surface area contributed by atoms with Crippen LogP contribution in [0.2, 0.25) is 0 Å². The standard InChI is InChI=1S/C11H10N4O2S/c1-7-4-9(15(16)17)2-3-10(7)14-6-8(5-12)11(13)18/h2-4,6,14H,1H3,(H2,13,18). The molecule has 0 atom stereocenters. The third-order valence-electron chi connectivity index (χ3n) is 2.18. The smallest absolute Gasteiger partial charge is 0.269 e. The quantitative estimate of drug-likeness (QED) is 0.283. The van der Waals surface area contributed by atoms with E-state index in [9.17, 15) is 10.1 Å². The zero-order valence-electron chi connectivity index (χ0n) is 9.51. The lowest BCUT2D eigenvalue weighted by atomic mass is 10.2. The van der Waals surface area contributed by atoms with Gasteiger partial charge in [-0.25, -0.2) is 0 Å². The van der Waals surface area contributed by atoms with Gasteiger partial charge in [-0.1, -0.05) is 12.2 Å². The number of nitrogens with one attached hydrogen (secondary N) is 1. The second kappa shape index (κ2) is 5.75. The number of nitrogens with zero attached hydrogens (tertiary/aromatic N) is 2. The number of nitrogens with two attached hydrogens (primary N) is 1. The molecule has 0 aromatic heterocycles. The maximum atomic E-state index is 10.6. The van der Waals surface area contributed by atoms with Crippen molar-refractivity contribution in [3.05, 3.63) is 45.6 Å². The van der Waals surface area contributed by atoms with Gasteiger partial charge in [0.1, 0.15) is 16.6 Å². The van der Waals surface area contributed by atoms with Crippen LogP contribution in [-0.2, 0) is 0 Å². The number of nitro benzene ring substituents is 1. The lowest BCUT2D eigenvalue weighted by Gasteiger charge is -2.05. The third kappa shape index (κ3) is 3.26. The molecule has 0 radical (unpaired) electrons. The molecule has 92 valence electrons. The monoisotopic (exact) mass is 262 g/mol. The second-order valence-electron chi connectivity index (χ2n) is 3.43. The van der Waals surface area contributed by atoms with Crippen LogP contribution in [0.3, 0.4) is 0 Å². The minimum absolute atomic E-state index is 0.00966. The Kier molecular flexibility index (Phi) is 4.34. The molecule has 0 unspecified atom stereocenters. The fourth-order valence-corrected chi connectivity index (χ4v) is 1.34. The van der Waals surface area contributed by atoms with Gasteiger partial charge >= 0.3 is 0 Å². The van der Waals surface area contributed by atoms with E-state index in [1.807, 2.05) is 6.07 Å². The molecule has 0 heterocycles. The summed E-state index contributed by atoms with van der Waals surface area (Å²) in [6.07, 6.45) is 1.37. The summed E-state index contributed by atoms with van der Waals surface area (Å²) in [6.45, 7) is 1.72. The van der Waals surface area contributed by atoms with Crippen LogP contribution >= 0.6 is 12.2 Å². The predicted molar refractivity (Wildman–Crippen MR) is 71.9 cm³/mol. The summed E-state index contributed by atoms with van der Waals surface area (Å²) in [5, 5.41) is 22.1. The van der Waals surface area contributed by atoms with Crippen molar-refractivity contribution in [2.45, 2.75) is 6.92 Å². The van der Waals surface area contributed by atoms with Crippen molar-refractivity contribution >= 4 is 28.6 Å². The molecule has 1 aromatic rings. The Labute approximate surface area is 109 Å². The summed E-state index contributed by atoms with van der Waals surface area (Å²) in [7, 11) is 0. The van der Waals surface area contributed by atoms with E-state index in [4.69, 9.17) is 11.0 Å². The highest BCUT2D eigenvalue weighted by Gasteiger charge is 2.07. The first-order valence-corrected chi connectivity index (χ1v) is 5.28. The van der Waals surface area contributed by atoms with E-state index < -0.39 is 4.92 Å². The van der Waals surface area contributed by atoms with Crippen LogP contribution in [0, 0.1) is 28.4 Å². The minimum atomic E-state index is -0.470. The molecule has 1 aromatic carbocycles. The topological polar surface area (TPSA) is 105 Å². The number of benzene rings is 1. The summed E-state index contributed by atoms with van der Waals surface area (Å²) in [5.41, 5.74) is 6.80. The van der Waals surface area contributed by atoms with E-state index in [1.54, 1.807) is 13.0 Å². The molecular weight excluding hydrogens is 252 g/mol. The largest absolute Gasteiger partial charge is 0.389 e. The molecule has 6 nitrogen and oxygen atoms in total. The number of non-ortho nitro benzene ring substituents is 1. The Morgan fingerprint density at radius 3 is 2.78 bits per heavy atom. The van der Waals surface area contributed by atoms with E-state index in [0.29, 0.717) is 11.3 Å². The van der Waals surface area contributed by atoms with E-state index in [1.165, 1.54) is 18.3 Å². The van der Waals surface area contributed by atoms with Gasteiger partial charge < -0.3 is 11.1 Å². The van der Waals surface area contributed by atoms with Crippen LogP contribution in [0.5, 0.6) is 0 Å². The molecule has 0 aliphatic rings. The van der Waals surface area contributed by atoms with E-state index >= 15 is 0 Å². The predicted octanol–water partition coefficient (Wildman–Crippen LogP) is 2.01. The van der Waals surface area contributed by atoms with Crippen LogP contribution in [0.4, 0.5) is 11.4 Å². The molecule has 1 rings (SSSR count). The van der Waals surface area contributed by atoms with Gasteiger partial charge in [0.2, 0.25) is 0 Å². The van der Waals surface area contributed by atoms with Crippen molar-refractivity contribution < 1.29 is 4.92 Å². The molecule has 0 saturated carbocycles. The van der Waals surface area contributed by atoms with Crippen LogP contribution in [0.15, 0.2) is 30.0 Å². The van der Waals surface area contributed by atoms with Crippen LogP contribution in [0.1, 0.15) is 5.56 Å². The highest BCUT2D eigenvalue weighted by atomic mass is 32.1. The van der Waals surface area contributed by atoms with E-state index in [2.05, 4.69) is 17.5 Å². The van der Waals surface area contributed by atoms with Crippen molar-refractivity contribution in [2.75, 3.05) is 5.32 Å². The second-order valence-corrected chi connectivity index (χ2v) is 3.87. The van der Waals surface area contributed by atoms with Crippen molar-refractivity contribution in [3.8, 4) is 6.07 Å². The van der Waals surface area contributed by atoms with Gasteiger partial charge in [0, 0.05) is 24.0 Å². The Morgan fingerprint density at radius 1 is 1.67 bits per heavy atom. The molecule has 0 saturated heterocycles. The van der Waals surface area contributed by atoms with Crippen molar-refractivity contribution in [2.24, 2.45) is 5.73 Å². The maximum Gasteiger partial charge on any atom is 0.269 e. The fraction of sp³-hybridized carbons (Fsp3) is 0.0909. The number of hydrogen-bond donors (Lipinski definition) is 2. The Morgan fingerprint density at radius 2 is 2.33 bits per heavy atom. The summed E-state index contributed by atoms with van der Waals surface area (Å²) in [4.78, 5) is 10.1. The Balaban J connectivity index is 2.97. The van der Waals surface area contributed by atoms with E-state index in [0.717, 1.165) is 0 Å². The molecule has 0 fully saturated rings. The SMILES string of the molecule is Cc1cc([N+](=O)[O-])ccc1NC=C(C#N)C(N)=S. The molecule has 0 amide bonds. The first kappa shape index (κ1) is 13.6. The van der Waals surface area contributed by atoms with Gasteiger partial charge in [0.05, 0.1) is 4.92 Å². The lowest BCUT2D eigenvalue weighted by Crippen LogP contribution is -2.11. The van der Waals surface area contributed by atoms with Gasteiger partial charge in [-0.3, -0.25) is 10.1 Å². The van der Waals surface area contributed by atoms with Crippen LogP contribution in [-0.4, -0.2) is 9.91 Å². The Bertz CT molecular complexity index is 575. The minimum Gasteiger partial charge on any atom is -0.389 e. The Hall–Kier alpha value is -2.46. The molecule has 0 spiro atoms. The highest BCUT2D eigenvalue weighted by molar-refractivity contribution is 7.80. The van der Waals surface area contributed by atoms with Crippen molar-refractivity contribution in [1.29, 1.82) is 5.26 Å². The maximum absolute atomic E-state index is 10.6. The van der Waals surface area contributed by atoms with Crippen molar-refractivity contribution in [3.63, 3.8) is 0 Å². The summed E-state index contributed by atoms with van der Waals surface area (Å²) in [5.74, 6) is 0. The first-order valence-electron chi connectivity index (χ1n) is 4.87. The number of aryl methyl sites for hydroxylation is 1. The number of rotatable bonds is 4. The number of anilines is 1. The zero-order chi connectivity index (χ0) is 13.7. The van der Waals surface area contributed by atoms with E-state index in [-0.39, 0.29) is 16.2 Å². The van der Waals surface area contributed by atoms with Gasteiger partial charge in [0.15, 0.2) is 0 Å². The molecule has 3 N–H and O–H groups in total. The van der Waals surface area contributed by atoms with Gasteiger partial charge in [-0.15, -0.1) is 0 Å². The molecule has 0 aliphatic heterocycles. The molecular formula is C11H10N4O2S. The van der Waals surface area contributed by atoms with Gasteiger partial charge in [0.25, 0.3) is 5.69 Å². The number of nitriles is 1. The summed E-state index contributed by atoms with van der Waals surface area (Å²) >= 11 is 4.68. The van der Waals surface area contributed by atoms with Crippen molar-refractivity contribution in [1.82, 2.24) is 0 Å². The third-order valence-corrected chi connectivity index (χ3v) is 2.40.